The van der Waals surface area contributed by atoms with Gasteiger partial charge in [-0.3, -0.25) is 14.7 Å². The van der Waals surface area contributed by atoms with E-state index in [0.29, 0.717) is 11.9 Å². The molecule has 0 saturated carbocycles. The molecule has 146 valence electrons. The van der Waals surface area contributed by atoms with Crippen LogP contribution in [0, 0.1) is 0 Å². The van der Waals surface area contributed by atoms with Gasteiger partial charge in [0.2, 0.25) is 5.91 Å². The van der Waals surface area contributed by atoms with E-state index in [4.69, 9.17) is 4.99 Å². The molecule has 2 rings (SSSR count). The summed E-state index contributed by atoms with van der Waals surface area (Å²) in [5.74, 6) is 1.22. The molecule has 0 aromatic carbocycles. The zero-order chi connectivity index (χ0) is 17.2. The van der Waals surface area contributed by atoms with Crippen molar-refractivity contribution < 1.29 is 4.79 Å². The molecular weight excluding hydrogens is 429 g/mol. The van der Waals surface area contributed by atoms with Gasteiger partial charge in [0.05, 0.1) is 6.54 Å². The highest BCUT2D eigenvalue weighted by Crippen LogP contribution is 2.14. The molecule has 0 aliphatic carbocycles. The minimum absolute atomic E-state index is 0. The van der Waals surface area contributed by atoms with Crippen molar-refractivity contribution in [3.05, 3.63) is 0 Å². The van der Waals surface area contributed by atoms with Crippen molar-refractivity contribution in [3.63, 3.8) is 0 Å². The maximum Gasteiger partial charge on any atom is 0.222 e. The van der Waals surface area contributed by atoms with Crippen LogP contribution in [0.25, 0.3) is 0 Å². The molecule has 7 heteroatoms. The molecular formula is C18H36IN5O. The average Bonchev–Trinajstić information content (AvgIpc) is 3.24. The fourth-order valence-electron chi connectivity index (χ4n) is 3.57. The maximum atomic E-state index is 11.6. The fourth-order valence-corrected chi connectivity index (χ4v) is 3.57. The topological polar surface area (TPSA) is 60.0 Å². The summed E-state index contributed by atoms with van der Waals surface area (Å²) >= 11 is 0. The first-order valence-corrected chi connectivity index (χ1v) is 9.78. The molecule has 0 radical (unpaired) electrons. The highest BCUT2D eigenvalue weighted by atomic mass is 127. The Bertz CT molecular complexity index is 412. The van der Waals surface area contributed by atoms with E-state index in [9.17, 15) is 4.79 Å². The minimum Gasteiger partial charge on any atom is -0.357 e. The number of carbonyl (C=O) groups excluding carboxylic acids is 1. The van der Waals surface area contributed by atoms with Gasteiger partial charge in [0.1, 0.15) is 0 Å². The Morgan fingerprint density at radius 3 is 2.52 bits per heavy atom. The molecule has 0 bridgehead atoms. The second-order valence-corrected chi connectivity index (χ2v) is 6.79. The fraction of sp³-hybridized carbons (Fsp3) is 0.889. The van der Waals surface area contributed by atoms with Crippen molar-refractivity contribution in [2.45, 2.75) is 58.4 Å². The summed E-state index contributed by atoms with van der Waals surface area (Å²) in [6, 6.07) is 0.560. The number of rotatable bonds is 9. The van der Waals surface area contributed by atoms with Crippen LogP contribution in [0.1, 0.15) is 52.4 Å². The van der Waals surface area contributed by atoms with Crippen molar-refractivity contribution in [3.8, 4) is 0 Å². The summed E-state index contributed by atoms with van der Waals surface area (Å²) in [4.78, 5) is 20.9. The molecule has 1 amide bonds. The lowest BCUT2D eigenvalue weighted by atomic mass is 10.2. The third kappa shape index (κ3) is 7.68. The molecule has 0 aromatic heterocycles. The Morgan fingerprint density at radius 1 is 1.16 bits per heavy atom. The normalized spacial score (nSPS) is 19.8. The van der Waals surface area contributed by atoms with Gasteiger partial charge in [-0.05, 0) is 52.1 Å². The third-order valence-electron chi connectivity index (χ3n) is 5.00. The Kier molecular flexibility index (Phi) is 11.4. The van der Waals surface area contributed by atoms with Crippen LogP contribution >= 0.6 is 24.0 Å². The number of carbonyl (C=O) groups is 1. The van der Waals surface area contributed by atoms with E-state index in [2.05, 4.69) is 29.4 Å². The van der Waals surface area contributed by atoms with Gasteiger partial charge in [-0.25, -0.2) is 0 Å². The summed E-state index contributed by atoms with van der Waals surface area (Å²) in [5, 5.41) is 6.74. The number of aliphatic imine (C=N–C) groups is 1. The van der Waals surface area contributed by atoms with Crippen LogP contribution in [0.4, 0.5) is 0 Å². The second kappa shape index (κ2) is 12.7. The molecule has 0 aromatic rings. The third-order valence-corrected chi connectivity index (χ3v) is 5.00. The Balaban J connectivity index is 0.00000312. The summed E-state index contributed by atoms with van der Waals surface area (Å²) in [6.07, 6.45) is 6.53. The first kappa shape index (κ1) is 22.5. The van der Waals surface area contributed by atoms with E-state index in [1.165, 1.54) is 25.9 Å². The number of hydrogen-bond donors (Lipinski definition) is 2. The number of amides is 1. The molecule has 0 spiro atoms. The number of guanidine groups is 1. The number of likely N-dealkylation sites (tertiary alicyclic amines) is 2. The lowest BCUT2D eigenvalue weighted by Gasteiger charge is -2.25. The molecule has 2 fully saturated rings. The van der Waals surface area contributed by atoms with Crippen molar-refractivity contribution >= 4 is 35.8 Å². The lowest BCUT2D eigenvalue weighted by molar-refractivity contribution is -0.127. The molecule has 1 atom stereocenters. The van der Waals surface area contributed by atoms with E-state index in [1.807, 2.05) is 4.90 Å². The van der Waals surface area contributed by atoms with Gasteiger partial charge in [-0.2, -0.15) is 0 Å². The number of nitrogens with zero attached hydrogens (tertiary/aromatic N) is 3. The first-order valence-electron chi connectivity index (χ1n) is 9.78. The minimum atomic E-state index is 0. The monoisotopic (exact) mass is 465 g/mol. The Labute approximate surface area is 170 Å². The van der Waals surface area contributed by atoms with Crippen LogP contribution in [-0.2, 0) is 4.79 Å². The van der Waals surface area contributed by atoms with Crippen LogP contribution in [0.5, 0.6) is 0 Å². The summed E-state index contributed by atoms with van der Waals surface area (Å²) in [5.41, 5.74) is 0. The van der Waals surface area contributed by atoms with Crippen molar-refractivity contribution in [2.24, 2.45) is 4.99 Å². The second-order valence-electron chi connectivity index (χ2n) is 6.79. The van der Waals surface area contributed by atoms with Crippen LogP contribution in [0.3, 0.4) is 0 Å². The largest absolute Gasteiger partial charge is 0.357 e. The molecule has 1 unspecified atom stereocenters. The highest BCUT2D eigenvalue weighted by Gasteiger charge is 2.20. The van der Waals surface area contributed by atoms with Crippen molar-refractivity contribution in [1.29, 1.82) is 0 Å². The molecule has 2 N–H and O–H groups in total. The van der Waals surface area contributed by atoms with Crippen LogP contribution < -0.4 is 10.6 Å². The van der Waals surface area contributed by atoms with E-state index in [1.54, 1.807) is 0 Å². The number of hydrogen-bond acceptors (Lipinski definition) is 3. The summed E-state index contributed by atoms with van der Waals surface area (Å²) < 4.78 is 0. The quantitative estimate of drug-likeness (QED) is 0.237. The van der Waals surface area contributed by atoms with E-state index < -0.39 is 0 Å². The smallest absolute Gasteiger partial charge is 0.222 e. The standard InChI is InChI=1S/C18H35N5O.HI/c1-3-16(22-11-5-6-12-22)15-21-18(19-4-2)20-10-8-14-23-13-7-9-17(23)24;/h16H,3-15H2,1-2H3,(H2,19,20,21);1H. The molecule has 25 heavy (non-hydrogen) atoms. The summed E-state index contributed by atoms with van der Waals surface area (Å²) in [7, 11) is 0. The van der Waals surface area contributed by atoms with Crippen LogP contribution in [0.2, 0.25) is 0 Å². The Hall–Kier alpha value is -0.570. The van der Waals surface area contributed by atoms with Gasteiger partial charge < -0.3 is 15.5 Å². The molecule has 2 aliphatic rings. The van der Waals surface area contributed by atoms with E-state index in [-0.39, 0.29) is 24.0 Å². The van der Waals surface area contributed by atoms with E-state index >= 15 is 0 Å². The maximum absolute atomic E-state index is 11.6. The van der Waals surface area contributed by atoms with Gasteiger partial charge in [-0.15, -0.1) is 24.0 Å². The molecule has 2 aliphatic heterocycles. The zero-order valence-electron chi connectivity index (χ0n) is 15.9. The van der Waals surface area contributed by atoms with Crippen molar-refractivity contribution in [1.82, 2.24) is 20.4 Å². The van der Waals surface area contributed by atoms with Crippen LogP contribution in [0.15, 0.2) is 4.99 Å². The number of halogens is 1. The molecule has 2 heterocycles. The number of nitrogens with one attached hydrogen (secondary N) is 2. The Morgan fingerprint density at radius 2 is 1.92 bits per heavy atom. The van der Waals surface area contributed by atoms with Crippen LogP contribution in [-0.4, -0.2) is 73.5 Å². The summed E-state index contributed by atoms with van der Waals surface area (Å²) in [6.45, 7) is 11.2. The van der Waals surface area contributed by atoms with Gasteiger partial charge in [0, 0.05) is 38.6 Å². The predicted octanol–water partition coefficient (Wildman–Crippen LogP) is 2.05. The average molecular weight is 465 g/mol. The van der Waals surface area contributed by atoms with Crippen molar-refractivity contribution in [2.75, 3.05) is 45.8 Å². The zero-order valence-corrected chi connectivity index (χ0v) is 18.3. The van der Waals surface area contributed by atoms with Gasteiger partial charge in [-0.1, -0.05) is 6.92 Å². The SMILES string of the molecule is CCNC(=NCC(CC)N1CCCC1)NCCCN1CCCC1=O.I. The first-order chi connectivity index (χ1) is 11.7. The predicted molar refractivity (Wildman–Crippen MR) is 115 cm³/mol. The highest BCUT2D eigenvalue weighted by molar-refractivity contribution is 14.0. The van der Waals surface area contributed by atoms with Gasteiger partial charge in [0.25, 0.3) is 0 Å². The van der Waals surface area contributed by atoms with Gasteiger partial charge in [0.15, 0.2) is 5.96 Å². The van der Waals surface area contributed by atoms with E-state index in [0.717, 1.165) is 64.4 Å². The molecule has 6 nitrogen and oxygen atoms in total. The lowest BCUT2D eigenvalue weighted by Crippen LogP contribution is -2.41. The molecule has 2 saturated heterocycles. The van der Waals surface area contributed by atoms with Gasteiger partial charge >= 0.3 is 0 Å².